The van der Waals surface area contributed by atoms with E-state index in [-0.39, 0.29) is 18.2 Å². The SMILES string of the molecule is CC(N)C(c1cccc(Br)c1)N1CC(O)CC1CN(C)C. The lowest BCUT2D eigenvalue weighted by Crippen LogP contribution is -2.45. The summed E-state index contributed by atoms with van der Waals surface area (Å²) in [5, 5.41) is 10.1. The Hall–Kier alpha value is -0.460. The van der Waals surface area contributed by atoms with E-state index in [1.165, 1.54) is 5.56 Å². The molecule has 0 bridgehead atoms. The minimum atomic E-state index is -0.261. The van der Waals surface area contributed by atoms with Crippen molar-refractivity contribution in [3.05, 3.63) is 34.3 Å². The highest BCUT2D eigenvalue weighted by Crippen LogP contribution is 2.32. The van der Waals surface area contributed by atoms with Gasteiger partial charge in [-0.1, -0.05) is 28.1 Å². The van der Waals surface area contributed by atoms with E-state index in [2.05, 4.69) is 52.0 Å². The van der Waals surface area contributed by atoms with Crippen LogP contribution in [0.5, 0.6) is 0 Å². The van der Waals surface area contributed by atoms with Crippen molar-refractivity contribution in [2.45, 2.75) is 37.6 Å². The van der Waals surface area contributed by atoms with E-state index >= 15 is 0 Å². The summed E-state index contributed by atoms with van der Waals surface area (Å²) in [6.07, 6.45) is 0.554. The van der Waals surface area contributed by atoms with Gasteiger partial charge in [0.15, 0.2) is 0 Å². The smallest absolute Gasteiger partial charge is 0.0682 e. The number of rotatable bonds is 5. The van der Waals surface area contributed by atoms with E-state index in [4.69, 9.17) is 5.73 Å². The van der Waals surface area contributed by atoms with Crippen LogP contribution in [0.3, 0.4) is 0 Å². The van der Waals surface area contributed by atoms with Crippen molar-refractivity contribution < 1.29 is 5.11 Å². The molecule has 1 aliphatic heterocycles. The number of likely N-dealkylation sites (N-methyl/N-ethyl adjacent to an activating group) is 1. The van der Waals surface area contributed by atoms with Crippen molar-refractivity contribution >= 4 is 15.9 Å². The van der Waals surface area contributed by atoms with E-state index in [9.17, 15) is 5.11 Å². The molecule has 118 valence electrons. The van der Waals surface area contributed by atoms with Crippen molar-refractivity contribution in [1.82, 2.24) is 9.80 Å². The van der Waals surface area contributed by atoms with E-state index in [1.807, 2.05) is 19.1 Å². The molecule has 4 unspecified atom stereocenters. The summed E-state index contributed by atoms with van der Waals surface area (Å²) < 4.78 is 1.06. The highest BCUT2D eigenvalue weighted by Gasteiger charge is 2.37. The van der Waals surface area contributed by atoms with Crippen LogP contribution in [-0.4, -0.2) is 60.3 Å². The number of nitrogens with zero attached hydrogens (tertiary/aromatic N) is 2. The van der Waals surface area contributed by atoms with Gasteiger partial charge in [0, 0.05) is 29.6 Å². The molecule has 0 aromatic heterocycles. The zero-order valence-corrected chi connectivity index (χ0v) is 14.6. The molecule has 2 rings (SSSR count). The maximum Gasteiger partial charge on any atom is 0.0682 e. The van der Waals surface area contributed by atoms with Crippen LogP contribution in [0.15, 0.2) is 28.7 Å². The first-order chi connectivity index (χ1) is 9.88. The highest BCUT2D eigenvalue weighted by molar-refractivity contribution is 9.10. The molecule has 1 heterocycles. The van der Waals surface area contributed by atoms with Crippen molar-refractivity contribution in [1.29, 1.82) is 0 Å². The molecule has 5 heteroatoms. The van der Waals surface area contributed by atoms with Gasteiger partial charge in [-0.15, -0.1) is 0 Å². The quantitative estimate of drug-likeness (QED) is 0.845. The molecule has 0 spiro atoms. The Kier molecular flexibility index (Phi) is 5.80. The van der Waals surface area contributed by atoms with Crippen molar-refractivity contribution in [3.63, 3.8) is 0 Å². The zero-order valence-electron chi connectivity index (χ0n) is 13.0. The van der Waals surface area contributed by atoms with Crippen molar-refractivity contribution in [2.75, 3.05) is 27.2 Å². The van der Waals surface area contributed by atoms with Crippen LogP contribution >= 0.6 is 15.9 Å². The van der Waals surface area contributed by atoms with E-state index < -0.39 is 0 Å². The van der Waals surface area contributed by atoms with Gasteiger partial charge in [-0.3, -0.25) is 4.90 Å². The Morgan fingerprint density at radius 3 is 2.76 bits per heavy atom. The third kappa shape index (κ3) is 4.27. The van der Waals surface area contributed by atoms with E-state index in [0.717, 1.165) is 17.4 Å². The second kappa shape index (κ2) is 7.20. The maximum atomic E-state index is 10.1. The highest BCUT2D eigenvalue weighted by atomic mass is 79.9. The average Bonchev–Trinajstić information content (AvgIpc) is 2.69. The predicted octanol–water partition coefficient (Wildman–Crippen LogP) is 1.83. The molecule has 0 amide bonds. The Bertz CT molecular complexity index is 467. The first kappa shape index (κ1) is 16.9. The molecule has 1 aromatic carbocycles. The maximum absolute atomic E-state index is 10.1. The largest absolute Gasteiger partial charge is 0.392 e. The summed E-state index contributed by atoms with van der Waals surface area (Å²) in [5.74, 6) is 0. The van der Waals surface area contributed by atoms with Crippen molar-refractivity contribution in [2.24, 2.45) is 5.73 Å². The molecule has 0 radical (unpaired) electrons. The number of likely N-dealkylation sites (tertiary alicyclic amines) is 1. The van der Waals surface area contributed by atoms with E-state index in [1.54, 1.807) is 0 Å². The molecule has 0 saturated carbocycles. The lowest BCUT2D eigenvalue weighted by atomic mass is 9.98. The van der Waals surface area contributed by atoms with Crippen LogP contribution < -0.4 is 5.73 Å². The number of benzene rings is 1. The molecule has 3 N–H and O–H groups in total. The number of nitrogens with two attached hydrogens (primary N) is 1. The fourth-order valence-corrected chi connectivity index (χ4v) is 3.76. The minimum absolute atomic E-state index is 0.00858. The Labute approximate surface area is 136 Å². The van der Waals surface area contributed by atoms with Gasteiger partial charge in [0.25, 0.3) is 0 Å². The van der Waals surface area contributed by atoms with Crippen LogP contribution in [0.1, 0.15) is 24.9 Å². The summed E-state index contributed by atoms with van der Waals surface area (Å²) in [5.41, 5.74) is 7.49. The number of hydrogen-bond acceptors (Lipinski definition) is 4. The Morgan fingerprint density at radius 1 is 1.48 bits per heavy atom. The second-order valence-corrected chi connectivity index (χ2v) is 7.28. The lowest BCUT2D eigenvalue weighted by molar-refractivity contribution is 0.123. The Balaban J connectivity index is 2.28. The van der Waals surface area contributed by atoms with Crippen LogP contribution in [-0.2, 0) is 0 Å². The molecule has 1 aliphatic rings. The number of β-amino-alcohol motifs (C(OH)–C–C–N with tert-alkyl or cyclic N) is 1. The first-order valence-corrected chi connectivity index (χ1v) is 8.27. The zero-order chi connectivity index (χ0) is 15.6. The van der Waals surface area contributed by atoms with Crippen LogP contribution in [0.2, 0.25) is 0 Å². The average molecular weight is 356 g/mol. The molecule has 4 nitrogen and oxygen atoms in total. The molecular weight excluding hydrogens is 330 g/mol. The summed E-state index contributed by atoms with van der Waals surface area (Å²) in [6, 6.07) is 8.80. The molecule has 1 aromatic rings. The van der Waals surface area contributed by atoms with Crippen LogP contribution in [0.25, 0.3) is 0 Å². The van der Waals surface area contributed by atoms with Gasteiger partial charge in [0.2, 0.25) is 0 Å². The van der Waals surface area contributed by atoms with Crippen LogP contribution in [0.4, 0.5) is 0 Å². The molecular formula is C16H26BrN3O. The number of hydrogen-bond donors (Lipinski definition) is 2. The number of halogens is 1. The summed E-state index contributed by atoms with van der Waals surface area (Å²) in [6.45, 7) is 3.68. The molecule has 1 saturated heterocycles. The molecule has 0 aliphatic carbocycles. The molecule has 1 fully saturated rings. The third-order valence-electron chi connectivity index (χ3n) is 4.06. The summed E-state index contributed by atoms with van der Waals surface area (Å²) >= 11 is 3.54. The van der Waals surface area contributed by atoms with Gasteiger partial charge in [0.1, 0.15) is 0 Å². The van der Waals surface area contributed by atoms with Crippen molar-refractivity contribution in [3.8, 4) is 0 Å². The monoisotopic (exact) mass is 355 g/mol. The molecule has 4 atom stereocenters. The second-order valence-electron chi connectivity index (χ2n) is 6.36. The summed E-state index contributed by atoms with van der Waals surface area (Å²) in [7, 11) is 4.14. The van der Waals surface area contributed by atoms with Crippen LogP contribution in [0, 0.1) is 0 Å². The summed E-state index contributed by atoms with van der Waals surface area (Å²) in [4.78, 5) is 4.55. The normalized spacial score (nSPS) is 26.2. The van der Waals surface area contributed by atoms with Gasteiger partial charge >= 0.3 is 0 Å². The fourth-order valence-electron chi connectivity index (χ4n) is 3.35. The fraction of sp³-hybridized carbons (Fsp3) is 0.625. The predicted molar refractivity (Wildman–Crippen MR) is 90.2 cm³/mol. The lowest BCUT2D eigenvalue weighted by Gasteiger charge is -2.36. The Morgan fingerprint density at radius 2 is 2.19 bits per heavy atom. The minimum Gasteiger partial charge on any atom is -0.392 e. The topological polar surface area (TPSA) is 52.7 Å². The number of aliphatic hydroxyl groups excluding tert-OH is 1. The standard InChI is InChI=1S/C16H26BrN3O/c1-11(18)16(12-5-4-6-13(17)7-12)20-10-15(21)8-14(20)9-19(2)3/h4-7,11,14-16,21H,8-10,18H2,1-3H3. The molecule has 21 heavy (non-hydrogen) atoms. The van der Waals surface area contributed by atoms with Gasteiger partial charge in [0.05, 0.1) is 12.1 Å². The third-order valence-corrected chi connectivity index (χ3v) is 4.55. The van der Waals surface area contributed by atoms with Gasteiger partial charge < -0.3 is 15.7 Å². The van der Waals surface area contributed by atoms with Gasteiger partial charge in [-0.05, 0) is 45.1 Å². The van der Waals surface area contributed by atoms with Gasteiger partial charge in [-0.25, -0.2) is 0 Å². The first-order valence-electron chi connectivity index (χ1n) is 7.48. The van der Waals surface area contributed by atoms with E-state index in [0.29, 0.717) is 12.6 Å². The number of aliphatic hydroxyl groups is 1. The van der Waals surface area contributed by atoms with Gasteiger partial charge in [-0.2, -0.15) is 0 Å².